The van der Waals surface area contributed by atoms with E-state index in [0.717, 1.165) is 16.3 Å². The van der Waals surface area contributed by atoms with Gasteiger partial charge in [-0.1, -0.05) is 37.3 Å². The Balaban J connectivity index is 1.72. The van der Waals surface area contributed by atoms with Gasteiger partial charge >= 0.3 is 6.09 Å². The van der Waals surface area contributed by atoms with Crippen molar-refractivity contribution in [1.29, 1.82) is 0 Å². The van der Waals surface area contributed by atoms with Crippen LogP contribution in [-0.2, 0) is 9.53 Å². The molecule has 2 aromatic heterocycles. The van der Waals surface area contributed by atoms with Crippen molar-refractivity contribution >= 4 is 34.5 Å². The smallest absolute Gasteiger partial charge is 0.433 e. The van der Waals surface area contributed by atoms with E-state index in [-0.39, 0.29) is 11.3 Å². The number of hydrogen-bond acceptors (Lipinski definition) is 7. The lowest BCUT2D eigenvalue weighted by molar-refractivity contribution is 0.0571. The first-order chi connectivity index (χ1) is 17.2. The summed E-state index contributed by atoms with van der Waals surface area (Å²) in [5.41, 5.74) is 7.25. The first kappa shape index (κ1) is 23.2. The van der Waals surface area contributed by atoms with Gasteiger partial charge in [0.2, 0.25) is 0 Å². The zero-order valence-corrected chi connectivity index (χ0v) is 20.4. The van der Waals surface area contributed by atoms with E-state index in [1.54, 1.807) is 18.5 Å². The molecule has 1 atom stereocenters. The van der Waals surface area contributed by atoms with E-state index in [1.165, 1.54) is 5.01 Å². The number of pyridine rings is 1. The van der Waals surface area contributed by atoms with Gasteiger partial charge in [-0.2, -0.15) is 5.01 Å². The molecule has 0 bridgehead atoms. The number of hydrogen-bond donors (Lipinski definition) is 1. The number of benzene rings is 2. The maximum absolute atomic E-state index is 13.1. The highest BCUT2D eigenvalue weighted by Gasteiger charge is 2.31. The highest BCUT2D eigenvalue weighted by Crippen LogP contribution is 2.26. The van der Waals surface area contributed by atoms with E-state index < -0.39 is 11.7 Å². The van der Waals surface area contributed by atoms with Gasteiger partial charge in [-0.15, -0.1) is 0 Å². The van der Waals surface area contributed by atoms with Crippen LogP contribution in [0.1, 0.15) is 50.4 Å². The predicted molar refractivity (Wildman–Crippen MR) is 136 cm³/mol. The van der Waals surface area contributed by atoms with Crippen LogP contribution in [0.3, 0.4) is 0 Å². The Bertz CT molecular complexity index is 1610. The third-order valence-corrected chi connectivity index (χ3v) is 5.89. The molecular weight excluding hydrogens is 454 g/mol. The topological polar surface area (TPSA) is 97.3 Å². The largest absolute Gasteiger partial charge is 0.442 e. The summed E-state index contributed by atoms with van der Waals surface area (Å²) >= 11 is 0. The van der Waals surface area contributed by atoms with Crippen LogP contribution in [0, 0.1) is 0 Å². The number of rotatable bonds is 3. The fourth-order valence-corrected chi connectivity index (χ4v) is 4.19. The van der Waals surface area contributed by atoms with E-state index in [0.29, 0.717) is 28.1 Å². The van der Waals surface area contributed by atoms with Gasteiger partial charge in [0.1, 0.15) is 5.60 Å². The minimum atomic E-state index is -0.683. The van der Waals surface area contributed by atoms with Crippen molar-refractivity contribution < 1.29 is 14.3 Å². The Labute approximate surface area is 208 Å². The van der Waals surface area contributed by atoms with E-state index in [4.69, 9.17) is 9.72 Å². The maximum Gasteiger partial charge on any atom is 0.433 e. The molecule has 180 valence electrons. The summed E-state index contributed by atoms with van der Waals surface area (Å²) in [6.07, 6.45) is 2.82. The van der Waals surface area contributed by atoms with E-state index in [1.807, 2.05) is 82.2 Å². The van der Waals surface area contributed by atoms with Gasteiger partial charge in [0.25, 0.3) is 0 Å². The average molecular weight is 480 g/mol. The summed E-state index contributed by atoms with van der Waals surface area (Å²) in [4.78, 5) is 38.5. The molecule has 8 nitrogen and oxygen atoms in total. The van der Waals surface area contributed by atoms with Crippen molar-refractivity contribution in [2.24, 2.45) is 0 Å². The summed E-state index contributed by atoms with van der Waals surface area (Å²) < 4.78 is 5.62. The van der Waals surface area contributed by atoms with Crippen LogP contribution in [-0.4, -0.2) is 32.6 Å². The first-order valence-corrected chi connectivity index (χ1v) is 11.6. The van der Waals surface area contributed by atoms with Gasteiger partial charge in [0.15, 0.2) is 11.3 Å². The number of amides is 1. The molecule has 2 aromatic carbocycles. The zero-order valence-electron chi connectivity index (χ0n) is 20.4. The minimum absolute atomic E-state index is 0.145. The van der Waals surface area contributed by atoms with Crippen molar-refractivity contribution in [3.05, 3.63) is 94.4 Å². The molecule has 1 amide bonds. The van der Waals surface area contributed by atoms with Gasteiger partial charge in [-0.3, -0.25) is 10.4 Å². The Morgan fingerprint density at radius 1 is 1.03 bits per heavy atom. The Kier molecular flexibility index (Phi) is 5.74. The molecule has 0 saturated heterocycles. The number of anilines is 1. The van der Waals surface area contributed by atoms with Gasteiger partial charge < -0.3 is 4.74 Å². The zero-order chi connectivity index (χ0) is 25.4. The molecule has 0 aliphatic carbocycles. The summed E-state index contributed by atoms with van der Waals surface area (Å²) in [5, 5.41) is 2.25. The van der Waals surface area contributed by atoms with Crippen LogP contribution in [0.2, 0.25) is 0 Å². The van der Waals surface area contributed by atoms with Crippen molar-refractivity contribution in [3.63, 3.8) is 0 Å². The molecular formula is C28H25N5O3. The number of ether oxygens (including phenoxy) is 1. The van der Waals surface area contributed by atoms with Crippen LogP contribution < -0.4 is 21.0 Å². The fourth-order valence-electron chi connectivity index (χ4n) is 4.19. The van der Waals surface area contributed by atoms with Crippen LogP contribution in [0.4, 0.5) is 10.5 Å². The number of nitrogens with one attached hydrogen (secondary N) is 1. The standard InChI is InChI=1S/C28H25N5O3/c1-17(18-8-6-5-7-9-18)25-23(16-34)30-22-15-24-20(14-21(22)31-25)26(19-10-12-29-13-11-19)32-33(24)27(35)36-28(2,3)4/h5-15,17,32H,1-4H3. The third kappa shape index (κ3) is 4.30. The lowest BCUT2D eigenvalue weighted by Gasteiger charge is -2.25. The van der Waals surface area contributed by atoms with Crippen molar-refractivity contribution in [2.45, 2.75) is 39.2 Å². The second-order valence-electron chi connectivity index (χ2n) is 9.59. The van der Waals surface area contributed by atoms with Crippen molar-refractivity contribution in [1.82, 2.24) is 20.4 Å². The number of fused-ring (bicyclic) bond motifs is 2. The maximum atomic E-state index is 13.1. The minimum Gasteiger partial charge on any atom is -0.442 e. The Morgan fingerprint density at radius 2 is 1.72 bits per heavy atom. The second-order valence-corrected chi connectivity index (χ2v) is 9.59. The Morgan fingerprint density at radius 3 is 2.39 bits per heavy atom. The van der Waals surface area contributed by atoms with E-state index >= 15 is 0 Å². The molecule has 1 aliphatic heterocycles. The highest BCUT2D eigenvalue weighted by molar-refractivity contribution is 5.96. The number of hydrazine groups is 1. The molecule has 0 radical (unpaired) electrons. The first-order valence-electron chi connectivity index (χ1n) is 11.6. The average Bonchev–Trinajstić information content (AvgIpc) is 3.24. The van der Waals surface area contributed by atoms with E-state index in [2.05, 4.69) is 15.4 Å². The molecule has 1 N–H and O–H groups in total. The quantitative estimate of drug-likeness (QED) is 0.482. The lowest BCUT2D eigenvalue weighted by Crippen LogP contribution is -2.42. The Hall–Kier alpha value is -4.55. The van der Waals surface area contributed by atoms with Crippen LogP contribution in [0.15, 0.2) is 67.0 Å². The molecule has 0 fully saturated rings. The molecule has 4 aromatic rings. The number of carbonyl (C=O) groups excluding carboxylic acids is 2. The molecule has 1 aliphatic rings. The van der Waals surface area contributed by atoms with Crippen LogP contribution in [0.25, 0.3) is 16.7 Å². The van der Waals surface area contributed by atoms with Gasteiger partial charge in [0.05, 0.1) is 28.1 Å². The summed E-state index contributed by atoms with van der Waals surface area (Å²) in [6, 6.07) is 17.1. The van der Waals surface area contributed by atoms with Crippen molar-refractivity contribution in [3.8, 4) is 0 Å². The van der Waals surface area contributed by atoms with Gasteiger partial charge in [-0.25, -0.2) is 19.6 Å². The molecule has 0 spiro atoms. The summed E-state index contributed by atoms with van der Waals surface area (Å²) in [5.74, 6) is 1.79. The fraction of sp³-hybridized carbons (Fsp3) is 0.214. The number of nitrogens with zero attached hydrogens (tertiary/aromatic N) is 4. The molecule has 1 unspecified atom stereocenters. The predicted octanol–water partition coefficient (Wildman–Crippen LogP) is 3.10. The SMILES string of the molecule is CC(c1ccccc1)c1nc2cc3c(cc2nc1=C=O)N(C(=O)OC(C)(C)C)NC=3c1ccncc1. The summed E-state index contributed by atoms with van der Waals surface area (Å²) in [7, 11) is 0. The normalized spacial score (nSPS) is 13.7. The van der Waals surface area contributed by atoms with Crippen molar-refractivity contribution in [2.75, 3.05) is 5.01 Å². The monoisotopic (exact) mass is 479 g/mol. The lowest BCUT2D eigenvalue weighted by atomic mass is 9.97. The molecule has 3 heterocycles. The van der Waals surface area contributed by atoms with Gasteiger partial charge in [0, 0.05) is 29.1 Å². The second kappa shape index (κ2) is 8.91. The molecule has 36 heavy (non-hydrogen) atoms. The van der Waals surface area contributed by atoms with Crippen LogP contribution in [0.5, 0.6) is 0 Å². The highest BCUT2D eigenvalue weighted by atomic mass is 16.6. The molecule has 5 rings (SSSR count). The number of aromatic nitrogens is 3. The number of carbonyl (C=O) groups is 1. The third-order valence-electron chi connectivity index (χ3n) is 5.89. The summed E-state index contributed by atoms with van der Waals surface area (Å²) in [6.45, 7) is 7.41. The van der Waals surface area contributed by atoms with Crippen LogP contribution >= 0.6 is 0 Å². The van der Waals surface area contributed by atoms with Gasteiger partial charge in [-0.05, 0) is 50.6 Å². The van der Waals surface area contributed by atoms with E-state index in [9.17, 15) is 9.59 Å². The molecule has 0 saturated carbocycles. The molecule has 8 heteroatoms.